The van der Waals surface area contributed by atoms with Gasteiger partial charge in [0.15, 0.2) is 0 Å². The highest BCUT2D eigenvalue weighted by atomic mass is 16.5. The summed E-state index contributed by atoms with van der Waals surface area (Å²) in [6, 6.07) is 28.3. The van der Waals surface area contributed by atoms with E-state index in [1.54, 1.807) is 60.7 Å². The minimum absolute atomic E-state index is 0.0132. The first-order chi connectivity index (χ1) is 25.0. The Balaban J connectivity index is 1.37. The van der Waals surface area contributed by atoms with E-state index in [9.17, 15) is 40.9 Å². The Morgan fingerprint density at radius 3 is 1.37 bits per heavy atom. The van der Waals surface area contributed by atoms with Crippen molar-refractivity contribution in [1.82, 2.24) is 0 Å². The number of aliphatic hydroxyl groups is 1. The Morgan fingerprint density at radius 2 is 0.827 bits per heavy atom. The van der Waals surface area contributed by atoms with Crippen LogP contribution in [0.5, 0.6) is 51.7 Å². The quantitative estimate of drug-likeness (QED) is 0.0930. The Morgan fingerprint density at radius 1 is 0.365 bits per heavy atom. The lowest BCUT2D eigenvalue weighted by Crippen LogP contribution is -2.17. The molecule has 2 heterocycles. The number of aromatic hydroxyl groups is 7. The van der Waals surface area contributed by atoms with E-state index in [0.29, 0.717) is 61.6 Å². The third-order valence-electron chi connectivity index (χ3n) is 10.5. The zero-order valence-corrected chi connectivity index (χ0v) is 27.3. The van der Waals surface area contributed by atoms with Crippen LogP contribution in [0.2, 0.25) is 0 Å². The van der Waals surface area contributed by atoms with Crippen molar-refractivity contribution < 1.29 is 50.3 Å². The van der Waals surface area contributed by atoms with Crippen molar-refractivity contribution in [2.24, 2.45) is 0 Å². The first-order valence-electron chi connectivity index (χ1n) is 16.7. The molecule has 1 aliphatic carbocycles. The molecule has 0 aromatic heterocycles. The van der Waals surface area contributed by atoms with Crippen LogP contribution in [0.25, 0.3) is 0 Å². The summed E-state index contributed by atoms with van der Waals surface area (Å²) in [5.74, 6) is -2.23. The van der Waals surface area contributed by atoms with Crippen LogP contribution in [0.3, 0.4) is 0 Å². The van der Waals surface area contributed by atoms with Gasteiger partial charge in [-0.25, -0.2) is 0 Å². The van der Waals surface area contributed by atoms with Gasteiger partial charge in [-0.3, -0.25) is 0 Å². The zero-order chi connectivity index (χ0) is 36.0. The van der Waals surface area contributed by atoms with Crippen LogP contribution in [0, 0.1) is 0 Å². The van der Waals surface area contributed by atoms with Crippen molar-refractivity contribution in [3.63, 3.8) is 0 Å². The van der Waals surface area contributed by atoms with Gasteiger partial charge in [-0.05, 0) is 88.0 Å². The van der Waals surface area contributed by atoms with Crippen molar-refractivity contribution >= 4 is 0 Å². The summed E-state index contributed by atoms with van der Waals surface area (Å²) >= 11 is 0. The van der Waals surface area contributed by atoms with Crippen LogP contribution < -0.4 is 9.47 Å². The SMILES string of the molecule is Oc1ccc([C@@H]2c3c(O)cc(O)cc3[C@@H]3c4c(cc5c(c4[C@@H]2O)[C@H](c2cc(O)cc(O)c2)[C@H](c2ccc(O)cc2)O5)O[C@H]3c2ccc(O)cc2)cc1. The molecule has 0 saturated carbocycles. The minimum Gasteiger partial charge on any atom is -0.508 e. The lowest BCUT2D eigenvalue weighted by molar-refractivity contribution is 0.156. The third kappa shape index (κ3) is 4.83. The zero-order valence-electron chi connectivity index (χ0n) is 27.3. The van der Waals surface area contributed by atoms with Gasteiger partial charge in [0, 0.05) is 40.8 Å². The van der Waals surface area contributed by atoms with Crippen LogP contribution in [-0.4, -0.2) is 40.9 Å². The first-order valence-corrected chi connectivity index (χ1v) is 16.7. The van der Waals surface area contributed by atoms with Gasteiger partial charge in [-0.15, -0.1) is 0 Å². The highest BCUT2D eigenvalue weighted by Crippen LogP contribution is 2.65. The van der Waals surface area contributed by atoms with Crippen molar-refractivity contribution in [2.45, 2.75) is 36.1 Å². The standard InChI is InChI=1S/C42H32O10/c43-23-7-1-19(2-8-23)33-35-29(16-28(48)17-30(35)49)36-38-32(52-42(36)21-5-11-25(45)12-6-21)18-31-37(39(38)40(33)50)34(22-13-26(46)15-27(47)14-22)41(51-31)20-3-9-24(44)10-4-20/h1-18,33-34,36,40-50H/t33-,34+,36-,40-,41+,42+/m1/s1. The van der Waals surface area contributed by atoms with E-state index in [1.807, 2.05) is 0 Å². The Hall–Kier alpha value is -6.52. The Labute approximate surface area is 296 Å². The molecule has 10 heteroatoms. The monoisotopic (exact) mass is 696 g/mol. The van der Waals surface area contributed by atoms with E-state index in [1.165, 1.54) is 48.5 Å². The molecule has 6 aromatic rings. The lowest BCUT2D eigenvalue weighted by atomic mass is 9.76. The summed E-state index contributed by atoms with van der Waals surface area (Å²) in [5, 5.41) is 87.5. The number of hydrogen-bond donors (Lipinski definition) is 8. The van der Waals surface area contributed by atoms with Gasteiger partial charge in [0.1, 0.15) is 64.0 Å². The number of phenols is 7. The van der Waals surface area contributed by atoms with Crippen LogP contribution >= 0.6 is 0 Å². The molecule has 6 atom stereocenters. The summed E-state index contributed by atoms with van der Waals surface area (Å²) in [6.45, 7) is 0. The second kappa shape index (κ2) is 11.5. The van der Waals surface area contributed by atoms with Gasteiger partial charge in [0.25, 0.3) is 0 Å². The second-order valence-electron chi connectivity index (χ2n) is 13.6. The molecule has 52 heavy (non-hydrogen) atoms. The van der Waals surface area contributed by atoms with Crippen molar-refractivity contribution in [2.75, 3.05) is 0 Å². The Bertz CT molecular complexity index is 2350. The van der Waals surface area contributed by atoms with Gasteiger partial charge in [-0.1, -0.05) is 36.4 Å². The van der Waals surface area contributed by atoms with Crippen molar-refractivity contribution in [3.05, 3.63) is 159 Å². The minimum atomic E-state index is -1.37. The molecule has 9 rings (SSSR count). The molecule has 0 spiro atoms. The number of hydrogen-bond acceptors (Lipinski definition) is 10. The maximum atomic E-state index is 12.9. The average molecular weight is 697 g/mol. The highest BCUT2D eigenvalue weighted by Gasteiger charge is 2.51. The van der Waals surface area contributed by atoms with Crippen LogP contribution in [-0.2, 0) is 0 Å². The molecule has 0 saturated heterocycles. The van der Waals surface area contributed by atoms with Crippen LogP contribution in [0.4, 0.5) is 0 Å². The van der Waals surface area contributed by atoms with E-state index in [0.717, 1.165) is 0 Å². The molecule has 260 valence electrons. The summed E-state index contributed by atoms with van der Waals surface area (Å²) in [7, 11) is 0. The Kier molecular flexibility index (Phi) is 6.96. The number of rotatable bonds is 4. The molecular weight excluding hydrogens is 664 g/mol. The molecule has 6 aromatic carbocycles. The summed E-state index contributed by atoms with van der Waals surface area (Å²) in [5.41, 5.74) is 4.90. The van der Waals surface area contributed by atoms with E-state index in [2.05, 4.69) is 0 Å². The molecule has 0 radical (unpaired) electrons. The van der Waals surface area contributed by atoms with Gasteiger partial charge < -0.3 is 50.3 Å². The van der Waals surface area contributed by atoms with Gasteiger partial charge >= 0.3 is 0 Å². The fourth-order valence-electron chi connectivity index (χ4n) is 8.46. The highest BCUT2D eigenvalue weighted by molar-refractivity contribution is 5.70. The smallest absolute Gasteiger partial charge is 0.135 e. The molecule has 0 amide bonds. The molecule has 10 nitrogen and oxygen atoms in total. The largest absolute Gasteiger partial charge is 0.508 e. The van der Waals surface area contributed by atoms with E-state index in [4.69, 9.17) is 9.47 Å². The predicted molar refractivity (Wildman–Crippen MR) is 188 cm³/mol. The molecule has 0 fully saturated rings. The number of phenolic OH excluding ortho intramolecular Hbond substituents is 7. The summed E-state index contributed by atoms with van der Waals surface area (Å²) < 4.78 is 13.5. The normalized spacial score (nSPS) is 22.4. The van der Waals surface area contributed by atoms with E-state index in [-0.39, 0.29) is 40.2 Å². The van der Waals surface area contributed by atoms with Gasteiger partial charge in [0.05, 0.1) is 17.9 Å². The molecule has 8 N–H and O–H groups in total. The van der Waals surface area contributed by atoms with E-state index >= 15 is 0 Å². The van der Waals surface area contributed by atoms with Crippen LogP contribution in [0.1, 0.15) is 86.1 Å². The maximum absolute atomic E-state index is 12.9. The molecular formula is C42H32O10. The van der Waals surface area contributed by atoms with Crippen LogP contribution in [0.15, 0.2) is 109 Å². The summed E-state index contributed by atoms with van der Waals surface area (Å²) in [6.07, 6.45) is -2.85. The van der Waals surface area contributed by atoms with Gasteiger partial charge in [0.2, 0.25) is 0 Å². The van der Waals surface area contributed by atoms with Gasteiger partial charge in [-0.2, -0.15) is 0 Å². The average Bonchev–Trinajstić information content (AvgIpc) is 3.64. The first kappa shape index (κ1) is 31.5. The maximum Gasteiger partial charge on any atom is 0.135 e. The molecule has 3 aliphatic rings. The van der Waals surface area contributed by atoms with Crippen molar-refractivity contribution in [1.29, 1.82) is 0 Å². The molecule has 0 unspecified atom stereocenters. The number of benzene rings is 6. The third-order valence-corrected chi connectivity index (χ3v) is 10.5. The number of ether oxygens (including phenoxy) is 2. The fraction of sp³-hybridized carbons (Fsp3) is 0.143. The lowest BCUT2D eigenvalue weighted by Gasteiger charge is -2.28. The molecule has 2 aliphatic heterocycles. The second-order valence-corrected chi connectivity index (χ2v) is 13.6. The van der Waals surface area contributed by atoms with E-state index < -0.39 is 36.1 Å². The fourth-order valence-corrected chi connectivity index (χ4v) is 8.46. The number of aliphatic hydroxyl groups excluding tert-OH is 1. The summed E-state index contributed by atoms with van der Waals surface area (Å²) in [4.78, 5) is 0. The van der Waals surface area contributed by atoms with Crippen molar-refractivity contribution in [3.8, 4) is 51.7 Å². The molecule has 0 bridgehead atoms. The predicted octanol–water partition coefficient (Wildman–Crippen LogP) is 7.34. The number of fused-ring (bicyclic) bond motifs is 4. The topological polar surface area (TPSA) is 180 Å².